The van der Waals surface area contributed by atoms with Crippen LogP contribution in [0.4, 0.5) is 5.69 Å². The Labute approximate surface area is 159 Å². The second-order valence-electron chi connectivity index (χ2n) is 5.29. The maximum Gasteiger partial charge on any atom is 0.237 e. The average Bonchev–Trinajstić information content (AvgIpc) is 3.32. The van der Waals surface area contributed by atoms with Gasteiger partial charge >= 0.3 is 0 Å². The van der Waals surface area contributed by atoms with Gasteiger partial charge in [0.25, 0.3) is 0 Å². The number of carbonyl (C=O) groups is 1. The molecule has 3 aromatic rings. The van der Waals surface area contributed by atoms with Gasteiger partial charge in [-0.3, -0.25) is 9.89 Å². The van der Waals surface area contributed by atoms with Crippen LogP contribution in [0.1, 0.15) is 6.92 Å². The number of carbonyl (C=O) groups excluding carboxylic acids is 1. The Morgan fingerprint density at radius 2 is 2.00 bits per heavy atom. The first-order chi connectivity index (χ1) is 12.6. The minimum Gasteiger partial charge on any atom is -0.497 e. The van der Waals surface area contributed by atoms with Crippen molar-refractivity contribution in [2.45, 2.75) is 17.3 Å². The molecule has 1 aromatic carbocycles. The van der Waals surface area contributed by atoms with E-state index in [1.165, 1.54) is 11.8 Å². The van der Waals surface area contributed by atoms with Crippen molar-refractivity contribution < 1.29 is 14.3 Å². The minimum atomic E-state index is -0.376. The number of anilines is 1. The van der Waals surface area contributed by atoms with Crippen LogP contribution in [0, 0.1) is 0 Å². The molecule has 2 aromatic heterocycles. The fourth-order valence-electron chi connectivity index (χ4n) is 2.16. The van der Waals surface area contributed by atoms with Gasteiger partial charge in [-0.15, -0.1) is 16.4 Å². The highest BCUT2D eigenvalue weighted by atomic mass is 32.2. The quantitative estimate of drug-likeness (QED) is 0.599. The van der Waals surface area contributed by atoms with E-state index in [4.69, 9.17) is 9.47 Å². The van der Waals surface area contributed by atoms with E-state index in [0.29, 0.717) is 28.2 Å². The highest BCUT2D eigenvalue weighted by molar-refractivity contribution is 8.00. The van der Waals surface area contributed by atoms with E-state index >= 15 is 0 Å². The summed E-state index contributed by atoms with van der Waals surface area (Å²) in [4.78, 5) is 17.9. The first-order valence-corrected chi connectivity index (χ1v) is 9.52. The molecule has 0 spiro atoms. The van der Waals surface area contributed by atoms with Crippen molar-refractivity contribution in [2.24, 2.45) is 0 Å². The van der Waals surface area contributed by atoms with Gasteiger partial charge in [-0.25, -0.2) is 4.98 Å². The third kappa shape index (κ3) is 4.36. The standard InChI is InChI=1S/C17H18N4O3S2/c1-10(26-17-19-15(20-21-17)14-5-4-6-25-14)16(22)18-11-7-12(23-2)9-13(8-11)24-3/h4-10H,1-3H3,(H,18,22)(H,19,20,21). The molecule has 7 nitrogen and oxygen atoms in total. The van der Waals surface area contributed by atoms with Gasteiger partial charge in [-0.05, 0) is 18.4 Å². The fraction of sp³-hybridized carbons (Fsp3) is 0.235. The summed E-state index contributed by atoms with van der Waals surface area (Å²) in [6, 6.07) is 9.13. The van der Waals surface area contributed by atoms with Crippen LogP contribution >= 0.6 is 23.1 Å². The van der Waals surface area contributed by atoms with E-state index in [1.54, 1.807) is 50.7 Å². The van der Waals surface area contributed by atoms with Gasteiger partial charge in [0.05, 0.1) is 24.3 Å². The summed E-state index contributed by atoms with van der Waals surface area (Å²) in [5, 5.41) is 12.1. The number of hydrogen-bond donors (Lipinski definition) is 2. The number of hydrogen-bond acceptors (Lipinski definition) is 7. The molecule has 3 rings (SSSR count). The molecule has 1 unspecified atom stereocenters. The molecule has 0 saturated carbocycles. The summed E-state index contributed by atoms with van der Waals surface area (Å²) in [5.41, 5.74) is 0.605. The molecule has 0 bridgehead atoms. The molecule has 0 aliphatic heterocycles. The number of methoxy groups -OCH3 is 2. The van der Waals surface area contributed by atoms with Gasteiger partial charge < -0.3 is 14.8 Å². The number of nitrogens with zero attached hydrogens (tertiary/aromatic N) is 2. The lowest BCUT2D eigenvalue weighted by Crippen LogP contribution is -2.22. The van der Waals surface area contributed by atoms with Crippen LogP contribution in [0.3, 0.4) is 0 Å². The predicted molar refractivity (Wildman–Crippen MR) is 103 cm³/mol. The molecule has 1 atom stereocenters. The summed E-state index contributed by atoms with van der Waals surface area (Å²) >= 11 is 2.86. The van der Waals surface area contributed by atoms with Crippen LogP contribution in [-0.2, 0) is 4.79 Å². The number of thiophene rings is 1. The number of aromatic nitrogens is 3. The van der Waals surface area contributed by atoms with E-state index in [0.717, 1.165) is 4.88 Å². The molecular formula is C17H18N4O3S2. The number of aromatic amines is 1. The van der Waals surface area contributed by atoms with Crippen LogP contribution in [0.25, 0.3) is 10.7 Å². The Morgan fingerprint density at radius 1 is 1.27 bits per heavy atom. The maximum atomic E-state index is 12.5. The molecule has 0 fully saturated rings. The zero-order chi connectivity index (χ0) is 18.5. The normalized spacial score (nSPS) is 11.8. The molecule has 9 heteroatoms. The van der Waals surface area contributed by atoms with Crippen LogP contribution < -0.4 is 14.8 Å². The summed E-state index contributed by atoms with van der Waals surface area (Å²) in [6.07, 6.45) is 0. The topological polar surface area (TPSA) is 89.1 Å². The monoisotopic (exact) mass is 390 g/mol. The molecule has 0 aliphatic rings. The first-order valence-electron chi connectivity index (χ1n) is 7.76. The molecule has 1 amide bonds. The number of nitrogens with one attached hydrogen (secondary N) is 2. The lowest BCUT2D eigenvalue weighted by atomic mass is 10.2. The number of thioether (sulfide) groups is 1. The highest BCUT2D eigenvalue weighted by Crippen LogP contribution is 2.28. The van der Waals surface area contributed by atoms with Crippen molar-refractivity contribution in [3.8, 4) is 22.2 Å². The Balaban J connectivity index is 1.65. The van der Waals surface area contributed by atoms with Gasteiger partial charge in [0.2, 0.25) is 11.1 Å². The van der Waals surface area contributed by atoms with Gasteiger partial charge in [-0.1, -0.05) is 17.8 Å². The summed E-state index contributed by atoms with van der Waals surface area (Å²) in [7, 11) is 3.13. The zero-order valence-electron chi connectivity index (χ0n) is 14.5. The molecule has 0 saturated heterocycles. The summed E-state index contributed by atoms with van der Waals surface area (Å²) in [6.45, 7) is 1.80. The van der Waals surface area contributed by atoms with Gasteiger partial charge in [0, 0.05) is 23.9 Å². The van der Waals surface area contributed by atoms with Crippen LogP contribution in [0.5, 0.6) is 11.5 Å². The second kappa shape index (κ2) is 8.24. The average molecular weight is 390 g/mol. The van der Waals surface area contributed by atoms with Crippen molar-refractivity contribution >= 4 is 34.7 Å². The molecule has 0 aliphatic carbocycles. The SMILES string of the molecule is COc1cc(NC(=O)C(C)Sc2n[nH]c(-c3cccs3)n2)cc(OC)c1. The molecule has 2 heterocycles. The second-order valence-corrected chi connectivity index (χ2v) is 7.55. The lowest BCUT2D eigenvalue weighted by Gasteiger charge is -2.12. The Kier molecular flexibility index (Phi) is 5.79. The van der Waals surface area contributed by atoms with Gasteiger partial charge in [-0.2, -0.15) is 0 Å². The van der Waals surface area contributed by atoms with E-state index in [1.807, 2.05) is 17.5 Å². The van der Waals surface area contributed by atoms with E-state index in [-0.39, 0.29) is 11.2 Å². The van der Waals surface area contributed by atoms with Gasteiger partial charge in [0.1, 0.15) is 11.5 Å². The first kappa shape index (κ1) is 18.3. The van der Waals surface area contributed by atoms with Gasteiger partial charge in [0.15, 0.2) is 5.82 Å². The number of ether oxygens (including phenoxy) is 2. The Hall–Kier alpha value is -2.52. The molecule has 136 valence electrons. The van der Waals surface area contributed by atoms with Crippen LogP contribution in [-0.4, -0.2) is 40.6 Å². The molecule has 26 heavy (non-hydrogen) atoms. The number of benzene rings is 1. The Morgan fingerprint density at radius 3 is 2.62 bits per heavy atom. The largest absolute Gasteiger partial charge is 0.497 e. The van der Waals surface area contributed by atoms with Crippen molar-refractivity contribution in [1.82, 2.24) is 15.2 Å². The third-order valence-electron chi connectivity index (χ3n) is 3.49. The molecule has 2 N–H and O–H groups in total. The predicted octanol–water partition coefficient (Wildman–Crippen LogP) is 3.67. The van der Waals surface area contributed by atoms with Crippen LogP contribution in [0.15, 0.2) is 40.9 Å². The summed E-state index contributed by atoms with van der Waals surface area (Å²) in [5.74, 6) is 1.75. The Bertz CT molecular complexity index is 858. The zero-order valence-corrected chi connectivity index (χ0v) is 16.1. The van der Waals surface area contributed by atoms with Crippen molar-refractivity contribution in [3.63, 3.8) is 0 Å². The number of H-pyrrole nitrogens is 1. The van der Waals surface area contributed by atoms with E-state index in [9.17, 15) is 4.79 Å². The number of rotatable bonds is 7. The lowest BCUT2D eigenvalue weighted by molar-refractivity contribution is -0.115. The van der Waals surface area contributed by atoms with Crippen LogP contribution in [0.2, 0.25) is 0 Å². The minimum absolute atomic E-state index is 0.159. The smallest absolute Gasteiger partial charge is 0.237 e. The molecular weight excluding hydrogens is 372 g/mol. The fourth-order valence-corrected chi connectivity index (χ4v) is 3.55. The molecule has 0 radical (unpaired) electrons. The van der Waals surface area contributed by atoms with Crippen molar-refractivity contribution in [2.75, 3.05) is 19.5 Å². The van der Waals surface area contributed by atoms with E-state index in [2.05, 4.69) is 20.5 Å². The highest BCUT2D eigenvalue weighted by Gasteiger charge is 2.18. The van der Waals surface area contributed by atoms with Crippen molar-refractivity contribution in [3.05, 3.63) is 35.7 Å². The van der Waals surface area contributed by atoms with E-state index < -0.39 is 0 Å². The van der Waals surface area contributed by atoms with Crippen molar-refractivity contribution in [1.29, 1.82) is 0 Å². The number of amides is 1. The maximum absolute atomic E-state index is 12.5. The summed E-state index contributed by atoms with van der Waals surface area (Å²) < 4.78 is 10.4. The third-order valence-corrected chi connectivity index (χ3v) is 5.33.